The van der Waals surface area contributed by atoms with Crippen LogP contribution < -0.4 is 4.57 Å². The number of rotatable bonds is 12. The zero-order valence-corrected chi connectivity index (χ0v) is 25.4. The minimum Gasteiger partial charge on any atom is -0.227 e. The van der Waals surface area contributed by atoms with Crippen LogP contribution >= 0.6 is 0 Å². The molecule has 0 N–H and O–H groups in total. The summed E-state index contributed by atoms with van der Waals surface area (Å²) in [4.78, 5) is 0. The van der Waals surface area contributed by atoms with E-state index in [1.165, 1.54) is 95.5 Å². The van der Waals surface area contributed by atoms with Gasteiger partial charge in [0.2, 0.25) is 0 Å². The van der Waals surface area contributed by atoms with Gasteiger partial charge >= 0.3 is 0 Å². The molecule has 3 rings (SSSR count). The summed E-state index contributed by atoms with van der Waals surface area (Å²) in [7, 11) is 0. The molecular weight excluding hydrogens is 448 g/mol. The molecule has 0 aliphatic carbocycles. The molecule has 0 spiro atoms. The molecule has 1 aromatic heterocycles. The van der Waals surface area contributed by atoms with Gasteiger partial charge in [-0.3, -0.25) is 0 Å². The lowest BCUT2D eigenvalue weighted by molar-refractivity contribution is -0.691. The van der Waals surface area contributed by atoms with Crippen molar-refractivity contribution in [2.75, 3.05) is 0 Å². The van der Waals surface area contributed by atoms with Crippen LogP contribution in [0.15, 0.2) is 36.4 Å². The molecule has 0 aliphatic heterocycles. The van der Waals surface area contributed by atoms with Gasteiger partial charge in [-0.15, -0.1) is 0 Å². The normalized spacial score (nSPS) is 11.9. The number of hydrogen-bond acceptors (Lipinski definition) is 0. The van der Waals surface area contributed by atoms with Gasteiger partial charge in [-0.2, -0.15) is 0 Å². The van der Waals surface area contributed by atoms with Gasteiger partial charge in [-0.1, -0.05) is 82.5 Å². The Morgan fingerprint density at radius 2 is 1.35 bits per heavy atom. The summed E-state index contributed by atoms with van der Waals surface area (Å²) >= 11 is 0. The Balaban J connectivity index is 1.65. The summed E-state index contributed by atoms with van der Waals surface area (Å²) in [5, 5.41) is 0. The Bertz CT molecular complexity index is 1130. The van der Waals surface area contributed by atoms with Crippen LogP contribution in [0.2, 0.25) is 0 Å². The maximum Gasteiger partial charge on any atom is 0.289 e. The van der Waals surface area contributed by atoms with Gasteiger partial charge in [-0.25, -0.2) is 9.13 Å². The molecule has 0 fully saturated rings. The number of unbranched alkanes of at least 4 members (excludes halogenated alkanes) is 4. The highest BCUT2D eigenvalue weighted by Crippen LogP contribution is 2.29. The number of hydrogen-bond donors (Lipinski definition) is 0. The van der Waals surface area contributed by atoms with Crippen LogP contribution in [0.5, 0.6) is 0 Å². The molecule has 2 nitrogen and oxygen atoms in total. The number of nitrogens with zero attached hydrogens (tertiary/aromatic N) is 2. The average Bonchev–Trinajstić information content (AvgIpc) is 3.03. The van der Waals surface area contributed by atoms with Gasteiger partial charge < -0.3 is 0 Å². The second-order valence-electron chi connectivity index (χ2n) is 12.6. The van der Waals surface area contributed by atoms with Crippen molar-refractivity contribution in [1.29, 1.82) is 0 Å². The predicted molar refractivity (Wildman–Crippen MR) is 160 cm³/mol. The highest BCUT2D eigenvalue weighted by Gasteiger charge is 2.28. The van der Waals surface area contributed by atoms with Gasteiger partial charge in [0.25, 0.3) is 5.82 Å². The second kappa shape index (κ2) is 12.9. The van der Waals surface area contributed by atoms with Crippen molar-refractivity contribution >= 4 is 0 Å². The van der Waals surface area contributed by atoms with Crippen molar-refractivity contribution in [2.24, 2.45) is 5.41 Å². The maximum absolute atomic E-state index is 2.63. The maximum atomic E-state index is 2.63. The molecule has 0 atom stereocenters. The third kappa shape index (κ3) is 7.82. The molecule has 37 heavy (non-hydrogen) atoms. The number of aromatic nitrogens is 2. The summed E-state index contributed by atoms with van der Waals surface area (Å²) in [5.41, 5.74) is 11.7. The largest absolute Gasteiger partial charge is 0.289 e. The van der Waals surface area contributed by atoms with Crippen molar-refractivity contribution in [1.82, 2.24) is 4.57 Å². The molecule has 0 unspecified atom stereocenters. The second-order valence-corrected chi connectivity index (χ2v) is 12.6. The van der Waals surface area contributed by atoms with Crippen LogP contribution in [0.4, 0.5) is 0 Å². The zero-order chi connectivity index (χ0) is 27.2. The van der Waals surface area contributed by atoms with Crippen LogP contribution in [0.25, 0.3) is 11.4 Å². The monoisotopic (exact) mass is 501 g/mol. The minimum absolute atomic E-state index is 0.351. The molecule has 0 saturated carbocycles. The number of benzene rings is 2. The van der Waals surface area contributed by atoms with Gasteiger partial charge in [-0.05, 0) is 87.0 Å². The first-order chi connectivity index (χ1) is 17.5. The number of imidazole rings is 1. The third-order valence-electron chi connectivity index (χ3n) is 7.84. The van der Waals surface area contributed by atoms with Crippen molar-refractivity contribution in [2.45, 2.75) is 127 Å². The van der Waals surface area contributed by atoms with Gasteiger partial charge in [0, 0.05) is 13.8 Å². The van der Waals surface area contributed by atoms with Crippen LogP contribution in [0.3, 0.4) is 0 Å². The summed E-state index contributed by atoms with van der Waals surface area (Å²) in [6.45, 7) is 22.9. The summed E-state index contributed by atoms with van der Waals surface area (Å²) < 4.78 is 5.23. The Morgan fingerprint density at radius 1 is 0.757 bits per heavy atom. The van der Waals surface area contributed by atoms with Crippen LogP contribution in [0.1, 0.15) is 105 Å². The van der Waals surface area contributed by atoms with E-state index in [9.17, 15) is 0 Å². The first-order valence-electron chi connectivity index (χ1n) is 14.8. The van der Waals surface area contributed by atoms with Crippen LogP contribution in [-0.2, 0) is 25.9 Å². The van der Waals surface area contributed by atoms with Gasteiger partial charge in [0.05, 0.1) is 18.7 Å². The molecule has 0 saturated heterocycles. The van der Waals surface area contributed by atoms with E-state index in [1.54, 1.807) is 0 Å². The first-order valence-corrected chi connectivity index (χ1v) is 14.8. The molecule has 1 heterocycles. The van der Waals surface area contributed by atoms with E-state index >= 15 is 0 Å². The molecule has 0 radical (unpaired) electrons. The Labute approximate surface area is 228 Å². The third-order valence-corrected chi connectivity index (χ3v) is 7.84. The topological polar surface area (TPSA) is 8.81 Å². The smallest absolute Gasteiger partial charge is 0.227 e. The highest BCUT2D eigenvalue weighted by atomic mass is 15.2. The minimum atomic E-state index is 0.351. The highest BCUT2D eigenvalue weighted by molar-refractivity contribution is 5.64. The van der Waals surface area contributed by atoms with Crippen molar-refractivity contribution < 1.29 is 4.57 Å². The molecule has 2 aromatic carbocycles. The van der Waals surface area contributed by atoms with Crippen molar-refractivity contribution in [3.8, 4) is 11.4 Å². The van der Waals surface area contributed by atoms with Gasteiger partial charge in [0.15, 0.2) is 0 Å². The lowest BCUT2D eigenvalue weighted by Gasteiger charge is -2.18. The van der Waals surface area contributed by atoms with Crippen molar-refractivity contribution in [3.63, 3.8) is 0 Å². The Kier molecular flexibility index (Phi) is 10.2. The quantitative estimate of drug-likeness (QED) is 0.173. The summed E-state index contributed by atoms with van der Waals surface area (Å²) in [6, 6.07) is 14.1. The van der Waals surface area contributed by atoms with Crippen LogP contribution in [0, 0.1) is 40.0 Å². The van der Waals surface area contributed by atoms with Crippen molar-refractivity contribution in [3.05, 3.63) is 75.6 Å². The fraction of sp³-hybridized carbons (Fsp3) is 0.571. The van der Waals surface area contributed by atoms with Gasteiger partial charge in [0.1, 0.15) is 11.4 Å². The van der Waals surface area contributed by atoms with E-state index in [0.29, 0.717) is 5.41 Å². The van der Waals surface area contributed by atoms with E-state index < -0.39 is 0 Å². The standard InChI is InChI=1S/C35H53N2/c1-10-11-21-36-29(5)30(6)37(34(36)33-27(3)23-26(2)24-28(33)4)22-15-13-12-14-16-31-17-19-32(20-18-31)25-35(7,8)9/h17-20,23-24H,10-16,21-22,25H2,1-9H3/q+1. The van der Waals surface area contributed by atoms with E-state index in [4.69, 9.17) is 0 Å². The number of aryl methyl sites for hydroxylation is 4. The first kappa shape index (κ1) is 29.2. The summed E-state index contributed by atoms with van der Waals surface area (Å²) in [6.07, 6.45) is 9.90. The SMILES string of the molecule is CCCCn1c(C)c(C)[n+](CCCCCCc2ccc(CC(C)(C)C)cc2)c1-c1c(C)cc(C)cc1C. The summed E-state index contributed by atoms with van der Waals surface area (Å²) in [5.74, 6) is 1.42. The lowest BCUT2D eigenvalue weighted by Crippen LogP contribution is -2.38. The van der Waals surface area contributed by atoms with Crippen LogP contribution in [-0.4, -0.2) is 4.57 Å². The van der Waals surface area contributed by atoms with E-state index in [-0.39, 0.29) is 0 Å². The predicted octanol–water partition coefficient (Wildman–Crippen LogP) is 9.18. The molecule has 202 valence electrons. The fourth-order valence-electron chi connectivity index (χ4n) is 5.91. The molecule has 0 aliphatic rings. The molecular formula is C35H53N2+. The molecule has 0 bridgehead atoms. The lowest BCUT2D eigenvalue weighted by atomic mass is 9.88. The van der Waals surface area contributed by atoms with E-state index in [2.05, 4.69) is 108 Å². The Morgan fingerprint density at radius 3 is 1.95 bits per heavy atom. The molecule has 3 aromatic rings. The molecule has 2 heteroatoms. The Hall–Kier alpha value is -2.35. The average molecular weight is 502 g/mol. The molecule has 0 amide bonds. The van der Waals surface area contributed by atoms with E-state index in [0.717, 1.165) is 19.5 Å². The fourth-order valence-corrected chi connectivity index (χ4v) is 5.91. The zero-order valence-electron chi connectivity index (χ0n) is 25.4. The van der Waals surface area contributed by atoms with E-state index in [1.807, 2.05) is 0 Å².